The lowest BCUT2D eigenvalue weighted by molar-refractivity contribution is -0.385. The summed E-state index contributed by atoms with van der Waals surface area (Å²) in [5.41, 5.74) is 1.75. The molecule has 0 bridgehead atoms. The van der Waals surface area contributed by atoms with Crippen molar-refractivity contribution in [1.29, 1.82) is 0 Å². The first-order chi connectivity index (χ1) is 9.97. The molecular formula is C15H22BrN3O2. The molecule has 0 unspecified atom stereocenters. The summed E-state index contributed by atoms with van der Waals surface area (Å²) in [4.78, 5) is 13.0. The Kier molecular flexibility index (Phi) is 5.58. The Morgan fingerprint density at radius 1 is 1.43 bits per heavy atom. The van der Waals surface area contributed by atoms with Gasteiger partial charge in [-0.1, -0.05) is 6.92 Å². The molecule has 0 amide bonds. The molecule has 1 saturated heterocycles. The maximum absolute atomic E-state index is 10.9. The number of halogens is 1. The molecule has 0 aromatic heterocycles. The smallest absolute Gasteiger partial charge is 0.273 e. The molecule has 116 valence electrons. The molecule has 6 heteroatoms. The maximum atomic E-state index is 10.9. The van der Waals surface area contributed by atoms with Gasteiger partial charge in [0, 0.05) is 34.9 Å². The number of hydrogen-bond donors (Lipinski definition) is 1. The van der Waals surface area contributed by atoms with Crippen LogP contribution in [-0.4, -0.2) is 36.0 Å². The van der Waals surface area contributed by atoms with Crippen molar-refractivity contribution in [2.75, 3.05) is 31.5 Å². The maximum Gasteiger partial charge on any atom is 0.273 e. The summed E-state index contributed by atoms with van der Waals surface area (Å²) in [6, 6.07) is 3.40. The Morgan fingerprint density at radius 2 is 2.10 bits per heavy atom. The zero-order valence-electron chi connectivity index (χ0n) is 12.6. The highest BCUT2D eigenvalue weighted by atomic mass is 79.9. The molecule has 2 rings (SSSR count). The van der Waals surface area contributed by atoms with Crippen LogP contribution in [0.4, 0.5) is 11.4 Å². The van der Waals surface area contributed by atoms with Crippen LogP contribution in [0, 0.1) is 23.0 Å². The molecule has 1 heterocycles. The minimum Gasteiger partial charge on any atom is -0.383 e. The van der Waals surface area contributed by atoms with E-state index in [0.717, 1.165) is 29.2 Å². The van der Waals surface area contributed by atoms with E-state index >= 15 is 0 Å². The van der Waals surface area contributed by atoms with Gasteiger partial charge in [-0.25, -0.2) is 0 Å². The highest BCUT2D eigenvalue weighted by molar-refractivity contribution is 9.10. The largest absolute Gasteiger partial charge is 0.383 e. The number of nitrogens with zero attached hydrogens (tertiary/aromatic N) is 2. The summed E-state index contributed by atoms with van der Waals surface area (Å²) in [6.07, 6.45) is 2.56. The van der Waals surface area contributed by atoms with Gasteiger partial charge in [-0.3, -0.25) is 10.1 Å². The second-order valence-corrected chi connectivity index (χ2v) is 6.68. The van der Waals surface area contributed by atoms with E-state index in [1.165, 1.54) is 25.9 Å². The lowest BCUT2D eigenvalue weighted by Gasteiger charge is -2.30. The Morgan fingerprint density at radius 3 is 2.71 bits per heavy atom. The van der Waals surface area contributed by atoms with E-state index in [-0.39, 0.29) is 10.6 Å². The van der Waals surface area contributed by atoms with Crippen molar-refractivity contribution in [3.8, 4) is 0 Å². The van der Waals surface area contributed by atoms with E-state index in [0.29, 0.717) is 5.56 Å². The molecule has 5 nitrogen and oxygen atoms in total. The molecular weight excluding hydrogens is 334 g/mol. The summed E-state index contributed by atoms with van der Waals surface area (Å²) < 4.78 is 0.743. The van der Waals surface area contributed by atoms with Crippen molar-refractivity contribution in [3.63, 3.8) is 0 Å². The number of nitro benzene ring substituents is 1. The quantitative estimate of drug-likeness (QED) is 0.644. The topological polar surface area (TPSA) is 58.4 Å². The van der Waals surface area contributed by atoms with E-state index in [1.807, 2.05) is 6.07 Å². The van der Waals surface area contributed by atoms with Crippen molar-refractivity contribution in [1.82, 2.24) is 4.90 Å². The van der Waals surface area contributed by atoms with Crippen molar-refractivity contribution in [2.24, 2.45) is 5.92 Å². The van der Waals surface area contributed by atoms with Gasteiger partial charge < -0.3 is 10.2 Å². The van der Waals surface area contributed by atoms with Crippen LogP contribution in [0.1, 0.15) is 25.3 Å². The molecule has 1 aromatic rings. The van der Waals surface area contributed by atoms with Crippen LogP contribution in [0.2, 0.25) is 0 Å². The van der Waals surface area contributed by atoms with Gasteiger partial charge in [0.1, 0.15) is 0 Å². The average Bonchev–Trinajstić information content (AvgIpc) is 2.44. The van der Waals surface area contributed by atoms with Crippen LogP contribution in [-0.2, 0) is 0 Å². The average molecular weight is 356 g/mol. The summed E-state index contributed by atoms with van der Waals surface area (Å²) in [6.45, 7) is 8.28. The van der Waals surface area contributed by atoms with Gasteiger partial charge in [0.25, 0.3) is 5.69 Å². The van der Waals surface area contributed by atoms with Crippen molar-refractivity contribution in [2.45, 2.75) is 26.7 Å². The van der Waals surface area contributed by atoms with E-state index in [1.54, 1.807) is 13.0 Å². The molecule has 1 N–H and O–H groups in total. The fraction of sp³-hybridized carbons (Fsp3) is 0.600. The number of rotatable bonds is 5. The number of piperidine rings is 1. The van der Waals surface area contributed by atoms with Crippen molar-refractivity contribution >= 4 is 27.3 Å². The predicted molar refractivity (Wildman–Crippen MR) is 88.9 cm³/mol. The number of nitro groups is 1. The highest BCUT2D eigenvalue weighted by Crippen LogP contribution is 2.30. The normalized spacial score (nSPS) is 16.9. The second kappa shape index (κ2) is 7.22. The molecule has 1 fully saturated rings. The van der Waals surface area contributed by atoms with Crippen LogP contribution in [0.25, 0.3) is 0 Å². The summed E-state index contributed by atoms with van der Waals surface area (Å²) in [7, 11) is 0. The molecule has 21 heavy (non-hydrogen) atoms. The third kappa shape index (κ3) is 4.41. The molecule has 0 spiro atoms. The molecule has 1 aliphatic rings. The standard InChI is InChI=1S/C15H22BrN3O2/c1-11-3-6-18(7-4-11)8-5-17-14-9-12(2)15(19(20)21)10-13(14)16/h9-11,17H,3-8H2,1-2H3. The lowest BCUT2D eigenvalue weighted by atomic mass is 9.99. The molecule has 1 aliphatic heterocycles. The number of benzene rings is 1. The summed E-state index contributed by atoms with van der Waals surface area (Å²) >= 11 is 3.40. The molecule has 0 atom stereocenters. The third-order valence-electron chi connectivity index (χ3n) is 4.10. The van der Waals surface area contributed by atoms with Crippen molar-refractivity contribution in [3.05, 3.63) is 32.3 Å². The predicted octanol–water partition coefficient (Wildman–Crippen LogP) is 3.81. The Bertz CT molecular complexity index is 514. The SMILES string of the molecule is Cc1cc(NCCN2CCC(C)CC2)c(Br)cc1[N+](=O)[O-]. The Balaban J connectivity index is 1.88. The van der Waals surface area contributed by atoms with Crippen LogP contribution < -0.4 is 5.32 Å². The van der Waals surface area contributed by atoms with Gasteiger partial charge in [-0.2, -0.15) is 0 Å². The number of nitrogens with one attached hydrogen (secondary N) is 1. The number of aryl methyl sites for hydroxylation is 1. The number of hydrogen-bond acceptors (Lipinski definition) is 4. The molecule has 0 radical (unpaired) electrons. The van der Waals surface area contributed by atoms with Crippen LogP contribution in [0.3, 0.4) is 0 Å². The zero-order valence-corrected chi connectivity index (χ0v) is 14.1. The molecule has 0 saturated carbocycles. The Labute approximate surface area is 134 Å². The van der Waals surface area contributed by atoms with E-state index in [4.69, 9.17) is 0 Å². The van der Waals surface area contributed by atoms with Gasteiger partial charge in [-0.15, -0.1) is 0 Å². The number of anilines is 1. The van der Waals surface area contributed by atoms with Crippen LogP contribution in [0.5, 0.6) is 0 Å². The summed E-state index contributed by atoms with van der Waals surface area (Å²) in [5, 5.41) is 14.3. The fourth-order valence-electron chi connectivity index (χ4n) is 2.64. The second-order valence-electron chi connectivity index (χ2n) is 5.83. The Hall–Kier alpha value is -1.14. The van der Waals surface area contributed by atoms with E-state index < -0.39 is 0 Å². The van der Waals surface area contributed by atoms with Crippen LogP contribution in [0.15, 0.2) is 16.6 Å². The van der Waals surface area contributed by atoms with Gasteiger partial charge >= 0.3 is 0 Å². The minimum atomic E-state index is -0.348. The van der Waals surface area contributed by atoms with Gasteiger partial charge in [0.05, 0.1) is 4.92 Å². The van der Waals surface area contributed by atoms with Gasteiger partial charge in [0.2, 0.25) is 0 Å². The van der Waals surface area contributed by atoms with E-state index in [9.17, 15) is 10.1 Å². The lowest BCUT2D eigenvalue weighted by Crippen LogP contribution is -2.36. The first-order valence-corrected chi connectivity index (χ1v) is 8.17. The molecule has 0 aliphatic carbocycles. The fourth-order valence-corrected chi connectivity index (χ4v) is 3.11. The zero-order chi connectivity index (χ0) is 15.4. The van der Waals surface area contributed by atoms with Gasteiger partial charge in [0.15, 0.2) is 0 Å². The molecule has 1 aromatic carbocycles. The minimum absolute atomic E-state index is 0.150. The van der Waals surface area contributed by atoms with Crippen LogP contribution >= 0.6 is 15.9 Å². The third-order valence-corrected chi connectivity index (χ3v) is 4.76. The first kappa shape index (κ1) is 16.2. The summed E-state index contributed by atoms with van der Waals surface area (Å²) in [5.74, 6) is 0.848. The van der Waals surface area contributed by atoms with E-state index in [2.05, 4.69) is 33.1 Å². The number of likely N-dealkylation sites (tertiary alicyclic amines) is 1. The van der Waals surface area contributed by atoms with Crippen molar-refractivity contribution < 1.29 is 4.92 Å². The highest BCUT2D eigenvalue weighted by Gasteiger charge is 2.16. The monoisotopic (exact) mass is 355 g/mol. The van der Waals surface area contributed by atoms with Gasteiger partial charge in [-0.05, 0) is 60.8 Å². The first-order valence-electron chi connectivity index (χ1n) is 7.38.